The van der Waals surface area contributed by atoms with E-state index in [9.17, 15) is 14.6 Å². The second-order valence-electron chi connectivity index (χ2n) is 6.46. The van der Waals surface area contributed by atoms with Gasteiger partial charge in [0.1, 0.15) is 0 Å². The molecule has 0 bridgehead atoms. The summed E-state index contributed by atoms with van der Waals surface area (Å²) in [5.74, 6) is -1.47. The first kappa shape index (κ1) is 19.8. The first-order valence-electron chi connectivity index (χ1n) is 8.47. The molecule has 0 amide bonds. The third-order valence-corrected chi connectivity index (χ3v) is 5.05. The van der Waals surface area contributed by atoms with Crippen LogP contribution in [0.2, 0.25) is 5.02 Å². The maximum Gasteiger partial charge on any atom is 0.247 e. The number of hydrogen-bond acceptors (Lipinski definition) is 5. The Balaban J connectivity index is 1.92. The number of phenols is 1. The number of benzene rings is 2. The van der Waals surface area contributed by atoms with Crippen LogP contribution in [-0.2, 0) is 6.42 Å². The summed E-state index contributed by atoms with van der Waals surface area (Å²) in [5.41, 5.74) is 2.34. The fourth-order valence-corrected chi connectivity index (χ4v) is 3.09. The first-order chi connectivity index (χ1) is 13.3. The predicted octanol–water partition coefficient (Wildman–Crippen LogP) is 4.80. The quantitative estimate of drug-likeness (QED) is 0.600. The molecule has 0 saturated heterocycles. The maximum atomic E-state index is 13.2. The van der Waals surface area contributed by atoms with E-state index in [-0.39, 0.29) is 11.8 Å². The van der Waals surface area contributed by atoms with Gasteiger partial charge in [-0.15, -0.1) is 10.2 Å². The lowest BCUT2D eigenvalue weighted by Crippen LogP contribution is -2.18. The van der Waals surface area contributed by atoms with Gasteiger partial charge >= 0.3 is 0 Å². The lowest BCUT2D eigenvalue weighted by Gasteiger charge is -2.18. The van der Waals surface area contributed by atoms with Crippen molar-refractivity contribution >= 4 is 17.3 Å². The predicted molar refractivity (Wildman–Crippen MR) is 102 cm³/mol. The van der Waals surface area contributed by atoms with Crippen molar-refractivity contribution in [3.63, 3.8) is 0 Å². The van der Waals surface area contributed by atoms with Crippen LogP contribution in [0.4, 0.5) is 10.1 Å². The summed E-state index contributed by atoms with van der Waals surface area (Å²) in [6, 6.07) is 7.13. The molecule has 0 spiro atoms. The van der Waals surface area contributed by atoms with Gasteiger partial charge in [0.05, 0.1) is 23.6 Å². The van der Waals surface area contributed by atoms with Crippen molar-refractivity contribution in [2.75, 3.05) is 0 Å². The second-order valence-corrected chi connectivity index (χ2v) is 6.84. The SMILES string of the molecule is [C-]#[N+]c1ccc(CC(c2nnc(-c3ccc(F)c(O)c3)o2)[C@H](C)O)c(C)c1Cl. The molecule has 0 saturated carbocycles. The number of aromatic nitrogens is 2. The summed E-state index contributed by atoms with van der Waals surface area (Å²) in [4.78, 5) is 3.38. The van der Waals surface area contributed by atoms with Crippen LogP contribution in [0.25, 0.3) is 16.3 Å². The molecule has 1 aromatic heterocycles. The van der Waals surface area contributed by atoms with Gasteiger partial charge in [0.15, 0.2) is 11.6 Å². The zero-order valence-electron chi connectivity index (χ0n) is 15.1. The Labute approximate surface area is 166 Å². The van der Waals surface area contributed by atoms with E-state index in [2.05, 4.69) is 15.0 Å². The van der Waals surface area contributed by atoms with Crippen molar-refractivity contribution in [2.45, 2.75) is 32.3 Å². The summed E-state index contributed by atoms with van der Waals surface area (Å²) >= 11 is 6.24. The van der Waals surface area contributed by atoms with Crippen molar-refractivity contribution in [3.05, 3.63) is 69.6 Å². The smallest absolute Gasteiger partial charge is 0.247 e. The third kappa shape index (κ3) is 3.84. The molecule has 0 aliphatic carbocycles. The number of aliphatic hydroxyl groups is 1. The van der Waals surface area contributed by atoms with E-state index < -0.39 is 23.6 Å². The number of aliphatic hydroxyl groups excluding tert-OH is 1. The first-order valence-corrected chi connectivity index (χ1v) is 8.85. The Bertz CT molecular complexity index is 1060. The van der Waals surface area contributed by atoms with Crippen molar-refractivity contribution < 1.29 is 19.0 Å². The van der Waals surface area contributed by atoms with E-state index in [1.807, 2.05) is 6.92 Å². The van der Waals surface area contributed by atoms with Crippen LogP contribution in [0.15, 0.2) is 34.7 Å². The van der Waals surface area contributed by atoms with Gasteiger partial charge < -0.3 is 14.6 Å². The van der Waals surface area contributed by atoms with E-state index in [1.54, 1.807) is 19.1 Å². The number of rotatable bonds is 5. The molecule has 1 unspecified atom stereocenters. The number of halogens is 2. The van der Waals surface area contributed by atoms with E-state index in [4.69, 9.17) is 22.6 Å². The molecule has 0 radical (unpaired) electrons. The Morgan fingerprint density at radius 2 is 2.04 bits per heavy atom. The molecular formula is C20H17ClFN3O3. The summed E-state index contributed by atoms with van der Waals surface area (Å²) in [7, 11) is 0. The summed E-state index contributed by atoms with van der Waals surface area (Å²) in [6.45, 7) is 10.6. The van der Waals surface area contributed by atoms with Crippen LogP contribution < -0.4 is 0 Å². The largest absolute Gasteiger partial charge is 0.505 e. The van der Waals surface area contributed by atoms with Crippen LogP contribution in [0.3, 0.4) is 0 Å². The van der Waals surface area contributed by atoms with Gasteiger partial charge in [-0.1, -0.05) is 23.7 Å². The molecule has 1 heterocycles. The van der Waals surface area contributed by atoms with Gasteiger partial charge in [-0.25, -0.2) is 9.24 Å². The van der Waals surface area contributed by atoms with Crippen LogP contribution in [-0.4, -0.2) is 26.5 Å². The van der Waals surface area contributed by atoms with Gasteiger partial charge in [0, 0.05) is 5.56 Å². The number of phenolic OH excluding ortho intramolecular Hbond substituents is 1. The summed E-state index contributed by atoms with van der Waals surface area (Å²) < 4.78 is 18.9. The van der Waals surface area contributed by atoms with Crippen LogP contribution in [0.5, 0.6) is 5.75 Å². The monoisotopic (exact) mass is 401 g/mol. The molecule has 3 rings (SSSR count). The Morgan fingerprint density at radius 1 is 1.29 bits per heavy atom. The molecular weight excluding hydrogens is 385 g/mol. The normalized spacial score (nSPS) is 13.1. The number of nitrogens with zero attached hydrogens (tertiary/aromatic N) is 3. The minimum Gasteiger partial charge on any atom is -0.505 e. The van der Waals surface area contributed by atoms with Gasteiger partial charge in [0.2, 0.25) is 17.5 Å². The van der Waals surface area contributed by atoms with Gasteiger partial charge in [-0.2, -0.15) is 0 Å². The number of aromatic hydroxyl groups is 1. The Kier molecular flexibility index (Phi) is 5.63. The lowest BCUT2D eigenvalue weighted by atomic mass is 9.92. The van der Waals surface area contributed by atoms with E-state index >= 15 is 0 Å². The van der Waals surface area contributed by atoms with E-state index in [0.29, 0.717) is 22.7 Å². The molecule has 2 N–H and O–H groups in total. The van der Waals surface area contributed by atoms with Crippen molar-refractivity contribution in [3.8, 4) is 17.2 Å². The fraction of sp³-hybridized carbons (Fsp3) is 0.250. The molecule has 144 valence electrons. The van der Waals surface area contributed by atoms with Crippen molar-refractivity contribution in [2.24, 2.45) is 0 Å². The average Bonchev–Trinajstić information content (AvgIpc) is 3.14. The second kappa shape index (κ2) is 7.97. The molecule has 0 aliphatic rings. The van der Waals surface area contributed by atoms with E-state index in [0.717, 1.165) is 17.2 Å². The molecule has 6 nitrogen and oxygen atoms in total. The molecule has 3 aromatic rings. The molecule has 0 aliphatic heterocycles. The molecule has 8 heteroatoms. The third-order valence-electron chi connectivity index (χ3n) is 4.57. The minimum absolute atomic E-state index is 0.106. The van der Waals surface area contributed by atoms with Crippen LogP contribution in [0.1, 0.15) is 29.9 Å². The molecule has 2 aromatic carbocycles. The highest BCUT2D eigenvalue weighted by Crippen LogP contribution is 2.34. The minimum atomic E-state index is -0.798. The van der Waals surface area contributed by atoms with Crippen LogP contribution >= 0.6 is 11.6 Å². The standard InChI is InChI=1S/C20H17ClFN3O3/c1-10-12(5-7-16(23-3)18(10)21)8-14(11(2)26)20-25-24-19(28-20)13-4-6-15(22)17(27)9-13/h4-7,9,11,14,26-27H,8H2,1-2H3/t11-,14?/m0/s1. The van der Waals surface area contributed by atoms with Gasteiger partial charge in [-0.05, 0) is 49.6 Å². The zero-order chi connectivity index (χ0) is 20.4. The van der Waals surface area contributed by atoms with Gasteiger partial charge in [0.25, 0.3) is 0 Å². The van der Waals surface area contributed by atoms with Crippen molar-refractivity contribution in [1.29, 1.82) is 0 Å². The zero-order valence-corrected chi connectivity index (χ0v) is 15.9. The average molecular weight is 402 g/mol. The summed E-state index contributed by atoms with van der Waals surface area (Å²) in [5, 5.41) is 28.1. The van der Waals surface area contributed by atoms with Gasteiger partial charge in [-0.3, -0.25) is 0 Å². The molecule has 2 atom stereocenters. The Morgan fingerprint density at radius 3 is 2.68 bits per heavy atom. The molecule has 0 fully saturated rings. The lowest BCUT2D eigenvalue weighted by molar-refractivity contribution is 0.148. The summed E-state index contributed by atoms with van der Waals surface area (Å²) in [6.07, 6.45) is -0.425. The maximum absolute atomic E-state index is 13.2. The Hall–Kier alpha value is -2.95. The van der Waals surface area contributed by atoms with Crippen molar-refractivity contribution in [1.82, 2.24) is 10.2 Å². The number of hydrogen-bond donors (Lipinski definition) is 2. The highest BCUT2D eigenvalue weighted by Gasteiger charge is 2.26. The van der Waals surface area contributed by atoms with E-state index in [1.165, 1.54) is 12.1 Å². The van der Waals surface area contributed by atoms with Crippen LogP contribution in [0, 0.1) is 19.3 Å². The highest BCUT2D eigenvalue weighted by molar-refractivity contribution is 6.34. The fourth-order valence-electron chi connectivity index (χ4n) is 2.87. The molecule has 28 heavy (non-hydrogen) atoms. The topological polar surface area (TPSA) is 83.7 Å². The highest BCUT2D eigenvalue weighted by atomic mass is 35.5.